The predicted octanol–water partition coefficient (Wildman–Crippen LogP) is 1.41. The van der Waals surface area contributed by atoms with Crippen LogP contribution >= 0.6 is 0 Å². The zero-order valence-electron chi connectivity index (χ0n) is 15.5. The summed E-state index contributed by atoms with van der Waals surface area (Å²) in [4.78, 5) is 27.3. The fourth-order valence-corrected chi connectivity index (χ4v) is 3.76. The second-order valence-corrected chi connectivity index (χ2v) is 8.06. The average molecular weight is 400 g/mol. The Morgan fingerprint density at radius 1 is 1.14 bits per heavy atom. The summed E-state index contributed by atoms with van der Waals surface area (Å²) >= 11 is 0. The highest BCUT2D eigenvalue weighted by Crippen LogP contribution is 2.19. The molecular formula is C19H20N4O4S. The lowest BCUT2D eigenvalue weighted by Gasteiger charge is -2.10. The topological polar surface area (TPSA) is 110 Å². The first-order chi connectivity index (χ1) is 13.3. The molecule has 9 heteroatoms. The van der Waals surface area contributed by atoms with Crippen LogP contribution in [0.1, 0.15) is 12.5 Å². The highest BCUT2D eigenvalue weighted by Gasteiger charge is 2.15. The quantitative estimate of drug-likeness (QED) is 0.650. The third-order valence-corrected chi connectivity index (χ3v) is 5.59. The van der Waals surface area contributed by atoms with Crippen LogP contribution in [0.4, 0.5) is 5.69 Å². The number of sulfonamides is 1. The molecule has 0 saturated heterocycles. The standard InChI is InChI=1S/C19H20N4O4S/c1-13(24)20-10-9-14-3-6-16(7-4-14)28(26,27)22-15-5-8-18-17(11-15)19(25)23(2)12-21-18/h3-8,11-12,22H,9-10H2,1-2H3,(H,20,24). The van der Waals surface area contributed by atoms with Crippen molar-refractivity contribution in [2.45, 2.75) is 18.2 Å². The molecule has 1 aromatic heterocycles. The van der Waals surface area contributed by atoms with Crippen molar-refractivity contribution in [3.63, 3.8) is 0 Å². The molecule has 1 amide bonds. The second-order valence-electron chi connectivity index (χ2n) is 6.37. The zero-order chi connectivity index (χ0) is 20.3. The molecule has 0 fully saturated rings. The van der Waals surface area contributed by atoms with E-state index in [1.165, 1.54) is 36.0 Å². The lowest BCUT2D eigenvalue weighted by molar-refractivity contribution is -0.118. The predicted molar refractivity (Wildman–Crippen MR) is 107 cm³/mol. The number of benzene rings is 2. The lowest BCUT2D eigenvalue weighted by Crippen LogP contribution is -2.22. The van der Waals surface area contributed by atoms with Crippen LogP contribution in [0.25, 0.3) is 10.9 Å². The monoisotopic (exact) mass is 400 g/mol. The fraction of sp³-hybridized carbons (Fsp3) is 0.211. The number of carbonyl (C=O) groups is 1. The maximum Gasteiger partial charge on any atom is 0.261 e. The molecule has 3 rings (SSSR count). The number of aryl methyl sites for hydroxylation is 1. The SMILES string of the molecule is CC(=O)NCCc1ccc(S(=O)(=O)Nc2ccc3ncn(C)c(=O)c3c2)cc1. The summed E-state index contributed by atoms with van der Waals surface area (Å²) < 4.78 is 29.1. The van der Waals surface area contributed by atoms with Gasteiger partial charge in [-0.2, -0.15) is 0 Å². The third-order valence-electron chi connectivity index (χ3n) is 4.19. The van der Waals surface area contributed by atoms with E-state index < -0.39 is 10.0 Å². The number of nitrogens with zero attached hydrogens (tertiary/aromatic N) is 2. The molecule has 8 nitrogen and oxygen atoms in total. The second kappa shape index (κ2) is 7.81. The molecule has 28 heavy (non-hydrogen) atoms. The Kier molecular flexibility index (Phi) is 5.46. The first kappa shape index (κ1) is 19.6. The number of amides is 1. The number of hydrogen-bond donors (Lipinski definition) is 2. The Morgan fingerprint density at radius 3 is 2.54 bits per heavy atom. The lowest BCUT2D eigenvalue weighted by atomic mass is 10.1. The zero-order valence-corrected chi connectivity index (χ0v) is 16.3. The van der Waals surface area contributed by atoms with Crippen LogP contribution in [0.2, 0.25) is 0 Å². The largest absolute Gasteiger partial charge is 0.356 e. The minimum atomic E-state index is -3.80. The molecule has 0 aliphatic heterocycles. The molecule has 0 saturated carbocycles. The summed E-state index contributed by atoms with van der Waals surface area (Å²) in [6.07, 6.45) is 2.02. The van der Waals surface area contributed by atoms with Gasteiger partial charge in [0.2, 0.25) is 5.91 Å². The molecule has 0 aliphatic carbocycles. The summed E-state index contributed by atoms with van der Waals surface area (Å²) in [5, 5.41) is 3.02. The van der Waals surface area contributed by atoms with Crippen LogP contribution in [0, 0.1) is 0 Å². The Hall–Kier alpha value is -3.20. The van der Waals surface area contributed by atoms with Crippen molar-refractivity contribution in [1.29, 1.82) is 0 Å². The Labute approximate surface area is 162 Å². The average Bonchev–Trinajstić information content (AvgIpc) is 2.65. The summed E-state index contributed by atoms with van der Waals surface area (Å²) in [6.45, 7) is 1.93. The number of aromatic nitrogens is 2. The first-order valence-corrected chi connectivity index (χ1v) is 10.1. The normalized spacial score (nSPS) is 11.4. The van der Waals surface area contributed by atoms with Crippen molar-refractivity contribution in [3.8, 4) is 0 Å². The van der Waals surface area contributed by atoms with Gasteiger partial charge in [0.15, 0.2) is 0 Å². The van der Waals surface area contributed by atoms with Gasteiger partial charge >= 0.3 is 0 Å². The van der Waals surface area contributed by atoms with Crippen molar-refractivity contribution >= 4 is 32.5 Å². The van der Waals surface area contributed by atoms with Gasteiger partial charge in [0.25, 0.3) is 15.6 Å². The molecule has 0 radical (unpaired) electrons. The summed E-state index contributed by atoms with van der Waals surface area (Å²) in [5.41, 5.74) is 1.43. The Balaban J connectivity index is 1.80. The molecule has 0 atom stereocenters. The van der Waals surface area contributed by atoms with E-state index >= 15 is 0 Å². The molecule has 2 N–H and O–H groups in total. The molecule has 0 aliphatic rings. The van der Waals surface area contributed by atoms with Crippen molar-refractivity contribution in [2.75, 3.05) is 11.3 Å². The smallest absolute Gasteiger partial charge is 0.261 e. The van der Waals surface area contributed by atoms with E-state index in [-0.39, 0.29) is 22.0 Å². The maximum atomic E-state index is 12.6. The Morgan fingerprint density at radius 2 is 1.86 bits per heavy atom. The minimum absolute atomic E-state index is 0.106. The van der Waals surface area contributed by atoms with Crippen LogP contribution in [0.3, 0.4) is 0 Å². The summed E-state index contributed by atoms with van der Waals surface area (Å²) in [7, 11) is -2.22. The first-order valence-electron chi connectivity index (χ1n) is 8.58. The summed E-state index contributed by atoms with van der Waals surface area (Å²) in [5.74, 6) is -0.108. The maximum absolute atomic E-state index is 12.6. The van der Waals surface area contributed by atoms with E-state index in [4.69, 9.17) is 0 Å². The number of hydrogen-bond acceptors (Lipinski definition) is 5. The van der Waals surface area contributed by atoms with E-state index in [1.807, 2.05) is 0 Å². The van der Waals surface area contributed by atoms with Gasteiger partial charge in [-0.3, -0.25) is 14.3 Å². The summed E-state index contributed by atoms with van der Waals surface area (Å²) in [6, 6.07) is 11.1. The molecule has 0 unspecified atom stereocenters. The minimum Gasteiger partial charge on any atom is -0.356 e. The molecule has 3 aromatic rings. The van der Waals surface area contributed by atoms with Crippen LogP contribution < -0.4 is 15.6 Å². The molecule has 1 heterocycles. The Bertz CT molecular complexity index is 1180. The van der Waals surface area contributed by atoms with Crippen molar-refractivity contribution < 1.29 is 13.2 Å². The van der Waals surface area contributed by atoms with Gasteiger partial charge in [0, 0.05) is 26.2 Å². The molecular weight excluding hydrogens is 380 g/mol. The van der Waals surface area contributed by atoms with E-state index in [0.717, 1.165) is 5.56 Å². The molecule has 0 spiro atoms. The highest BCUT2D eigenvalue weighted by molar-refractivity contribution is 7.92. The number of nitrogens with one attached hydrogen (secondary N) is 2. The van der Waals surface area contributed by atoms with Crippen LogP contribution in [-0.2, 0) is 28.3 Å². The number of rotatable bonds is 6. The molecule has 146 valence electrons. The van der Waals surface area contributed by atoms with Crippen molar-refractivity contribution in [1.82, 2.24) is 14.9 Å². The third kappa shape index (κ3) is 4.37. The van der Waals surface area contributed by atoms with E-state index in [1.54, 1.807) is 31.3 Å². The van der Waals surface area contributed by atoms with Crippen molar-refractivity contribution in [3.05, 3.63) is 64.7 Å². The number of fused-ring (bicyclic) bond motifs is 1. The van der Waals surface area contributed by atoms with E-state index in [2.05, 4.69) is 15.0 Å². The highest BCUT2D eigenvalue weighted by atomic mass is 32.2. The van der Waals surface area contributed by atoms with Gasteiger partial charge in [-0.15, -0.1) is 0 Å². The fourth-order valence-electron chi connectivity index (χ4n) is 2.71. The number of anilines is 1. The van der Waals surface area contributed by atoms with Gasteiger partial charge < -0.3 is 9.88 Å². The van der Waals surface area contributed by atoms with E-state index in [0.29, 0.717) is 23.9 Å². The van der Waals surface area contributed by atoms with Gasteiger partial charge in [0.1, 0.15) is 0 Å². The van der Waals surface area contributed by atoms with Gasteiger partial charge in [0.05, 0.1) is 22.1 Å². The van der Waals surface area contributed by atoms with Gasteiger partial charge in [-0.1, -0.05) is 12.1 Å². The molecule has 0 bridgehead atoms. The van der Waals surface area contributed by atoms with Crippen LogP contribution in [0.15, 0.2) is 58.5 Å². The van der Waals surface area contributed by atoms with E-state index in [9.17, 15) is 18.0 Å². The van der Waals surface area contributed by atoms with Crippen molar-refractivity contribution in [2.24, 2.45) is 7.05 Å². The van der Waals surface area contributed by atoms with Gasteiger partial charge in [-0.25, -0.2) is 13.4 Å². The number of carbonyl (C=O) groups excluding carboxylic acids is 1. The molecule has 2 aromatic carbocycles. The van der Waals surface area contributed by atoms with Crippen LogP contribution in [-0.4, -0.2) is 30.4 Å². The van der Waals surface area contributed by atoms with Gasteiger partial charge in [-0.05, 0) is 42.3 Å². The van der Waals surface area contributed by atoms with Crippen LogP contribution in [0.5, 0.6) is 0 Å².